The quantitative estimate of drug-likeness (QED) is 0.596. The number of hydrogen-bond acceptors (Lipinski definition) is 4. The van der Waals surface area contributed by atoms with Gasteiger partial charge in [-0.3, -0.25) is 19.3 Å². The van der Waals surface area contributed by atoms with E-state index < -0.39 is 5.66 Å². The van der Waals surface area contributed by atoms with Crippen molar-refractivity contribution >= 4 is 29.1 Å². The first kappa shape index (κ1) is 22.4. The molecule has 7 heteroatoms. The highest BCUT2D eigenvalue weighted by molar-refractivity contribution is 6.10. The molecule has 174 valence electrons. The predicted molar refractivity (Wildman–Crippen MR) is 133 cm³/mol. The minimum atomic E-state index is -0.774. The average molecular weight is 465 g/mol. The highest BCUT2D eigenvalue weighted by Crippen LogP contribution is 2.43. The molecule has 35 heavy (non-hydrogen) atoms. The Morgan fingerprint density at radius 1 is 1.06 bits per heavy atom. The molecule has 0 aliphatic carbocycles. The standard InChI is InChI=1S/C28H24N4O3/c1-28-16-14-26(34)32(28)24-11-3-2-10-23(24)27(35)31(28)18-15-25(33)30-22-9-6-7-20(19-22)12-13-21-8-4-5-17-29-21/h2-11,17,19H,14-16,18H2,1H3,(H,30,33)/t28-/m1/s1. The van der Waals surface area contributed by atoms with Gasteiger partial charge in [-0.2, -0.15) is 0 Å². The van der Waals surface area contributed by atoms with Crippen molar-refractivity contribution < 1.29 is 14.4 Å². The molecule has 0 radical (unpaired) electrons. The Morgan fingerprint density at radius 2 is 1.89 bits per heavy atom. The summed E-state index contributed by atoms with van der Waals surface area (Å²) < 4.78 is 0. The maximum atomic E-state index is 13.3. The highest BCUT2D eigenvalue weighted by atomic mass is 16.2. The number of pyridine rings is 1. The van der Waals surface area contributed by atoms with Crippen LogP contribution in [0.3, 0.4) is 0 Å². The molecule has 7 nitrogen and oxygen atoms in total. The second-order valence-electron chi connectivity index (χ2n) is 8.76. The Hall–Kier alpha value is -4.44. The van der Waals surface area contributed by atoms with Gasteiger partial charge < -0.3 is 10.2 Å². The minimum absolute atomic E-state index is 0.00877. The Morgan fingerprint density at radius 3 is 2.71 bits per heavy atom. The van der Waals surface area contributed by atoms with E-state index in [2.05, 4.69) is 22.1 Å². The number of carbonyl (C=O) groups is 3. The minimum Gasteiger partial charge on any atom is -0.326 e. The van der Waals surface area contributed by atoms with Gasteiger partial charge in [0.05, 0.1) is 11.3 Å². The summed E-state index contributed by atoms with van der Waals surface area (Å²) in [5, 5.41) is 2.89. The van der Waals surface area contributed by atoms with E-state index in [0.717, 1.165) is 5.56 Å². The van der Waals surface area contributed by atoms with E-state index in [0.29, 0.717) is 35.5 Å². The van der Waals surface area contributed by atoms with E-state index >= 15 is 0 Å². The van der Waals surface area contributed by atoms with Gasteiger partial charge in [0.2, 0.25) is 11.8 Å². The molecule has 2 aliphatic rings. The van der Waals surface area contributed by atoms with Gasteiger partial charge in [0.15, 0.2) is 0 Å². The lowest BCUT2D eigenvalue weighted by Gasteiger charge is -2.48. The molecular formula is C28H24N4O3. The van der Waals surface area contributed by atoms with Gasteiger partial charge in [0.1, 0.15) is 11.4 Å². The molecule has 0 unspecified atom stereocenters. The third-order valence-corrected chi connectivity index (χ3v) is 6.45. The molecule has 2 aromatic carbocycles. The fraction of sp³-hybridized carbons (Fsp3) is 0.214. The maximum absolute atomic E-state index is 13.3. The van der Waals surface area contributed by atoms with Crippen LogP contribution in [0, 0.1) is 11.8 Å². The molecule has 0 bridgehead atoms. The lowest BCUT2D eigenvalue weighted by molar-refractivity contribution is -0.117. The van der Waals surface area contributed by atoms with Gasteiger partial charge >= 0.3 is 0 Å². The van der Waals surface area contributed by atoms with Crippen LogP contribution in [0.5, 0.6) is 0 Å². The van der Waals surface area contributed by atoms with Gasteiger partial charge in [-0.15, -0.1) is 0 Å². The SMILES string of the molecule is C[C@]12CCC(=O)N1c1ccccc1C(=O)N2CCC(=O)Nc1cccc(C#Cc2ccccn2)c1. The van der Waals surface area contributed by atoms with Gasteiger partial charge in [-0.25, -0.2) is 4.98 Å². The number of para-hydroxylation sites is 1. The van der Waals surface area contributed by atoms with Crippen molar-refractivity contribution in [2.24, 2.45) is 0 Å². The monoisotopic (exact) mass is 464 g/mol. The molecule has 1 fully saturated rings. The molecule has 3 aromatic rings. The molecule has 1 saturated heterocycles. The first-order valence-corrected chi connectivity index (χ1v) is 11.5. The lowest BCUT2D eigenvalue weighted by Crippen LogP contribution is -2.62. The van der Waals surface area contributed by atoms with Crippen molar-refractivity contribution in [3.63, 3.8) is 0 Å². The summed E-state index contributed by atoms with van der Waals surface area (Å²) in [5.74, 6) is 5.67. The first-order chi connectivity index (χ1) is 17.0. The summed E-state index contributed by atoms with van der Waals surface area (Å²) >= 11 is 0. The van der Waals surface area contributed by atoms with Gasteiger partial charge in [-0.1, -0.05) is 30.2 Å². The van der Waals surface area contributed by atoms with Crippen LogP contribution < -0.4 is 10.2 Å². The number of carbonyl (C=O) groups excluding carboxylic acids is 3. The van der Waals surface area contributed by atoms with Crippen LogP contribution in [0.2, 0.25) is 0 Å². The lowest BCUT2D eigenvalue weighted by atomic mass is 9.98. The summed E-state index contributed by atoms with van der Waals surface area (Å²) in [6.07, 6.45) is 2.69. The number of hydrogen-bond donors (Lipinski definition) is 1. The summed E-state index contributed by atoms with van der Waals surface area (Å²) in [5.41, 5.74) is 2.41. The fourth-order valence-corrected chi connectivity index (χ4v) is 4.73. The summed E-state index contributed by atoms with van der Waals surface area (Å²) in [6.45, 7) is 2.10. The van der Waals surface area contributed by atoms with Crippen LogP contribution in [-0.2, 0) is 9.59 Å². The number of aromatic nitrogens is 1. The number of anilines is 2. The third kappa shape index (κ3) is 4.26. The normalized spacial score (nSPS) is 18.4. The third-order valence-electron chi connectivity index (χ3n) is 6.45. The van der Waals surface area contributed by atoms with Crippen LogP contribution in [0.4, 0.5) is 11.4 Å². The number of fused-ring (bicyclic) bond motifs is 3. The molecule has 1 aromatic heterocycles. The number of nitrogens with one attached hydrogen (secondary N) is 1. The van der Waals surface area contributed by atoms with Crippen molar-refractivity contribution in [3.8, 4) is 11.8 Å². The van der Waals surface area contributed by atoms with Crippen LogP contribution in [0.25, 0.3) is 0 Å². The van der Waals surface area contributed by atoms with Crippen molar-refractivity contribution in [2.75, 3.05) is 16.8 Å². The molecule has 2 aliphatic heterocycles. The fourth-order valence-electron chi connectivity index (χ4n) is 4.73. The number of amides is 3. The van der Waals surface area contributed by atoms with Crippen molar-refractivity contribution in [1.29, 1.82) is 0 Å². The van der Waals surface area contributed by atoms with E-state index in [1.165, 1.54) is 0 Å². The molecule has 3 amide bonds. The molecule has 0 saturated carbocycles. The van der Waals surface area contributed by atoms with Gasteiger partial charge in [0, 0.05) is 36.8 Å². The van der Waals surface area contributed by atoms with Crippen molar-refractivity contribution in [1.82, 2.24) is 9.88 Å². The first-order valence-electron chi connectivity index (χ1n) is 11.5. The molecule has 3 heterocycles. The topological polar surface area (TPSA) is 82.6 Å². The van der Waals surface area contributed by atoms with Crippen LogP contribution in [0.15, 0.2) is 72.9 Å². The van der Waals surface area contributed by atoms with E-state index in [1.54, 1.807) is 40.3 Å². The van der Waals surface area contributed by atoms with Gasteiger partial charge in [0.25, 0.3) is 5.91 Å². The smallest absolute Gasteiger partial charge is 0.257 e. The second-order valence-corrected chi connectivity index (χ2v) is 8.76. The second kappa shape index (κ2) is 9.07. The Balaban J connectivity index is 1.28. The number of rotatable bonds is 4. The van der Waals surface area contributed by atoms with Crippen molar-refractivity contribution in [2.45, 2.75) is 31.8 Å². The Labute approximate surface area is 203 Å². The molecular weight excluding hydrogens is 440 g/mol. The molecule has 0 spiro atoms. The zero-order valence-corrected chi connectivity index (χ0v) is 19.3. The zero-order chi connectivity index (χ0) is 24.4. The predicted octanol–water partition coefficient (Wildman–Crippen LogP) is 3.81. The largest absolute Gasteiger partial charge is 0.326 e. The van der Waals surface area contributed by atoms with Crippen LogP contribution in [0.1, 0.15) is 47.8 Å². The Bertz CT molecular complexity index is 1380. The van der Waals surface area contributed by atoms with Crippen LogP contribution in [-0.4, -0.2) is 39.8 Å². The van der Waals surface area contributed by atoms with E-state index in [4.69, 9.17) is 0 Å². The summed E-state index contributed by atoms with van der Waals surface area (Å²) in [7, 11) is 0. The van der Waals surface area contributed by atoms with E-state index in [-0.39, 0.29) is 30.7 Å². The molecule has 1 atom stereocenters. The van der Waals surface area contributed by atoms with Crippen molar-refractivity contribution in [3.05, 3.63) is 89.7 Å². The highest BCUT2D eigenvalue weighted by Gasteiger charge is 2.52. The zero-order valence-electron chi connectivity index (χ0n) is 19.3. The maximum Gasteiger partial charge on any atom is 0.257 e. The average Bonchev–Trinajstić information content (AvgIpc) is 3.18. The summed E-state index contributed by atoms with van der Waals surface area (Å²) in [6, 6.07) is 20.0. The summed E-state index contributed by atoms with van der Waals surface area (Å²) in [4.78, 5) is 46.3. The molecule has 5 rings (SSSR count). The van der Waals surface area contributed by atoms with E-state index in [1.807, 2.05) is 49.4 Å². The molecule has 1 N–H and O–H groups in total. The van der Waals surface area contributed by atoms with Gasteiger partial charge in [-0.05, 0) is 61.7 Å². The number of benzene rings is 2. The Kier molecular flexibility index (Phi) is 5.79. The van der Waals surface area contributed by atoms with Crippen LogP contribution >= 0.6 is 0 Å². The number of nitrogens with zero attached hydrogens (tertiary/aromatic N) is 3. The van der Waals surface area contributed by atoms with E-state index in [9.17, 15) is 14.4 Å².